The Morgan fingerprint density at radius 1 is 1.00 bits per heavy atom. The number of nitrogens with one attached hydrogen (secondary N) is 1. The summed E-state index contributed by atoms with van der Waals surface area (Å²) in [6, 6.07) is 8.03. The van der Waals surface area contributed by atoms with Crippen molar-refractivity contribution in [2.24, 2.45) is 0 Å². The molecule has 4 heteroatoms. The Morgan fingerprint density at radius 2 is 1.65 bits per heavy atom. The molecule has 0 bridgehead atoms. The van der Waals surface area contributed by atoms with Gasteiger partial charge in [0, 0.05) is 31.9 Å². The zero-order chi connectivity index (χ0) is 14.6. The van der Waals surface area contributed by atoms with Gasteiger partial charge in [-0.1, -0.05) is 6.92 Å². The second-order valence-corrected chi connectivity index (χ2v) is 4.43. The van der Waals surface area contributed by atoms with Gasteiger partial charge in [0.25, 0.3) is 0 Å². The van der Waals surface area contributed by atoms with E-state index in [0.717, 1.165) is 37.4 Å². The Bertz CT molecular complexity index is 334. The van der Waals surface area contributed by atoms with Gasteiger partial charge >= 0.3 is 0 Å². The smallest absolute Gasteiger partial charge is 0.159 e. The van der Waals surface area contributed by atoms with Gasteiger partial charge in [-0.15, -0.1) is 0 Å². The number of anilines is 1. The number of ether oxygens (including phenoxy) is 3. The van der Waals surface area contributed by atoms with Crippen LogP contribution < -0.4 is 10.1 Å². The molecule has 0 aliphatic carbocycles. The molecule has 1 N–H and O–H groups in total. The first-order chi connectivity index (χ1) is 9.80. The van der Waals surface area contributed by atoms with Gasteiger partial charge in [0.05, 0.1) is 6.61 Å². The first kappa shape index (κ1) is 16.8. The van der Waals surface area contributed by atoms with Crippen LogP contribution in [0, 0.1) is 0 Å². The van der Waals surface area contributed by atoms with E-state index in [-0.39, 0.29) is 6.29 Å². The highest BCUT2D eigenvalue weighted by Crippen LogP contribution is 2.16. The monoisotopic (exact) mass is 281 g/mol. The molecule has 0 radical (unpaired) electrons. The summed E-state index contributed by atoms with van der Waals surface area (Å²) in [4.78, 5) is 0. The second-order valence-electron chi connectivity index (χ2n) is 4.43. The summed E-state index contributed by atoms with van der Waals surface area (Å²) >= 11 is 0. The molecule has 0 spiro atoms. The molecule has 0 amide bonds. The molecule has 0 saturated heterocycles. The number of hydrogen-bond acceptors (Lipinski definition) is 4. The average molecular weight is 281 g/mol. The molecule has 0 aromatic heterocycles. The SMILES string of the molecule is CCCOc1ccc(NCCC(OCC)OCC)cc1. The normalized spacial score (nSPS) is 10.8. The van der Waals surface area contributed by atoms with E-state index in [1.807, 2.05) is 38.1 Å². The van der Waals surface area contributed by atoms with E-state index in [4.69, 9.17) is 14.2 Å². The molecule has 0 fully saturated rings. The summed E-state index contributed by atoms with van der Waals surface area (Å²) < 4.78 is 16.6. The second kappa shape index (κ2) is 10.5. The van der Waals surface area contributed by atoms with E-state index in [0.29, 0.717) is 13.2 Å². The first-order valence-corrected chi connectivity index (χ1v) is 7.50. The topological polar surface area (TPSA) is 39.7 Å². The van der Waals surface area contributed by atoms with E-state index < -0.39 is 0 Å². The van der Waals surface area contributed by atoms with Crippen molar-refractivity contribution in [2.45, 2.75) is 39.9 Å². The Labute approximate surface area is 122 Å². The van der Waals surface area contributed by atoms with Crippen LogP contribution in [0.5, 0.6) is 5.75 Å². The van der Waals surface area contributed by atoms with E-state index in [9.17, 15) is 0 Å². The van der Waals surface area contributed by atoms with Gasteiger partial charge in [-0.2, -0.15) is 0 Å². The fourth-order valence-electron chi connectivity index (χ4n) is 1.81. The number of hydrogen-bond donors (Lipinski definition) is 1. The van der Waals surface area contributed by atoms with Crippen LogP contribution in [0.2, 0.25) is 0 Å². The Balaban J connectivity index is 2.30. The van der Waals surface area contributed by atoms with Crippen LogP contribution in [-0.4, -0.2) is 32.7 Å². The van der Waals surface area contributed by atoms with Crippen molar-refractivity contribution in [1.29, 1.82) is 0 Å². The van der Waals surface area contributed by atoms with E-state index in [2.05, 4.69) is 12.2 Å². The lowest BCUT2D eigenvalue weighted by Gasteiger charge is -2.17. The molecule has 1 aromatic carbocycles. The summed E-state index contributed by atoms with van der Waals surface area (Å²) in [5, 5.41) is 3.36. The third kappa shape index (κ3) is 6.78. The molecule has 0 atom stereocenters. The molecule has 0 aliphatic heterocycles. The van der Waals surface area contributed by atoms with Crippen LogP contribution in [0.15, 0.2) is 24.3 Å². The molecule has 20 heavy (non-hydrogen) atoms. The summed E-state index contributed by atoms with van der Waals surface area (Å²) in [7, 11) is 0. The van der Waals surface area contributed by atoms with Crippen LogP contribution in [-0.2, 0) is 9.47 Å². The first-order valence-electron chi connectivity index (χ1n) is 7.50. The van der Waals surface area contributed by atoms with Crippen LogP contribution in [0.25, 0.3) is 0 Å². The van der Waals surface area contributed by atoms with Crippen molar-refractivity contribution in [3.05, 3.63) is 24.3 Å². The molecule has 4 nitrogen and oxygen atoms in total. The highest BCUT2D eigenvalue weighted by molar-refractivity contribution is 5.46. The standard InChI is InChI=1S/C16H27NO3/c1-4-13-20-15-9-7-14(8-10-15)17-12-11-16(18-5-2)19-6-3/h7-10,16-17H,4-6,11-13H2,1-3H3. The van der Waals surface area contributed by atoms with Crippen molar-refractivity contribution in [3.63, 3.8) is 0 Å². The Hall–Kier alpha value is -1.26. The molecule has 0 unspecified atom stereocenters. The van der Waals surface area contributed by atoms with Gasteiger partial charge in [0.2, 0.25) is 0 Å². The van der Waals surface area contributed by atoms with E-state index >= 15 is 0 Å². The number of rotatable bonds is 11. The summed E-state index contributed by atoms with van der Waals surface area (Å²) in [6.45, 7) is 8.99. The summed E-state index contributed by atoms with van der Waals surface area (Å²) in [5.74, 6) is 0.916. The maximum Gasteiger partial charge on any atom is 0.159 e. The lowest BCUT2D eigenvalue weighted by atomic mass is 10.3. The van der Waals surface area contributed by atoms with Crippen LogP contribution in [0.3, 0.4) is 0 Å². The van der Waals surface area contributed by atoms with Crippen molar-refractivity contribution in [1.82, 2.24) is 0 Å². The lowest BCUT2D eigenvalue weighted by Crippen LogP contribution is -2.21. The lowest BCUT2D eigenvalue weighted by molar-refractivity contribution is -0.137. The van der Waals surface area contributed by atoms with Crippen LogP contribution in [0.4, 0.5) is 5.69 Å². The van der Waals surface area contributed by atoms with Gasteiger partial charge in [-0.05, 0) is 44.5 Å². The average Bonchev–Trinajstić information content (AvgIpc) is 2.47. The van der Waals surface area contributed by atoms with E-state index in [1.54, 1.807) is 0 Å². The zero-order valence-electron chi connectivity index (χ0n) is 12.9. The third-order valence-electron chi connectivity index (χ3n) is 2.74. The highest BCUT2D eigenvalue weighted by Gasteiger charge is 2.06. The fraction of sp³-hybridized carbons (Fsp3) is 0.625. The van der Waals surface area contributed by atoms with Crippen LogP contribution >= 0.6 is 0 Å². The maximum atomic E-state index is 5.55. The van der Waals surface area contributed by atoms with Gasteiger partial charge in [0.1, 0.15) is 5.75 Å². The zero-order valence-corrected chi connectivity index (χ0v) is 12.9. The van der Waals surface area contributed by atoms with Gasteiger partial charge in [-0.25, -0.2) is 0 Å². The van der Waals surface area contributed by atoms with Crippen molar-refractivity contribution in [2.75, 3.05) is 31.7 Å². The number of benzene rings is 1. The highest BCUT2D eigenvalue weighted by atomic mass is 16.7. The summed E-state index contributed by atoms with van der Waals surface area (Å²) in [6.07, 6.45) is 1.73. The Kier molecular flexibility index (Phi) is 8.83. The molecular formula is C16H27NO3. The van der Waals surface area contributed by atoms with Crippen molar-refractivity contribution in [3.8, 4) is 5.75 Å². The van der Waals surface area contributed by atoms with E-state index in [1.165, 1.54) is 0 Å². The largest absolute Gasteiger partial charge is 0.494 e. The maximum absolute atomic E-state index is 5.55. The van der Waals surface area contributed by atoms with Crippen molar-refractivity contribution < 1.29 is 14.2 Å². The fourth-order valence-corrected chi connectivity index (χ4v) is 1.81. The summed E-state index contributed by atoms with van der Waals surface area (Å²) in [5.41, 5.74) is 1.08. The predicted octanol–water partition coefficient (Wildman–Crippen LogP) is 3.68. The molecule has 0 aliphatic rings. The minimum absolute atomic E-state index is 0.121. The third-order valence-corrected chi connectivity index (χ3v) is 2.74. The minimum atomic E-state index is -0.121. The molecule has 114 valence electrons. The van der Waals surface area contributed by atoms with Crippen molar-refractivity contribution >= 4 is 5.69 Å². The van der Waals surface area contributed by atoms with Gasteiger partial charge < -0.3 is 19.5 Å². The molecule has 1 aromatic rings. The molecule has 0 saturated carbocycles. The predicted molar refractivity (Wildman–Crippen MR) is 82.4 cm³/mol. The van der Waals surface area contributed by atoms with Crippen LogP contribution in [0.1, 0.15) is 33.6 Å². The molecular weight excluding hydrogens is 254 g/mol. The minimum Gasteiger partial charge on any atom is -0.494 e. The molecule has 1 rings (SSSR count). The Morgan fingerprint density at radius 3 is 2.20 bits per heavy atom. The molecule has 0 heterocycles. The quantitative estimate of drug-likeness (QED) is 0.628. The van der Waals surface area contributed by atoms with Gasteiger partial charge in [-0.3, -0.25) is 0 Å². The van der Waals surface area contributed by atoms with Gasteiger partial charge in [0.15, 0.2) is 6.29 Å².